The summed E-state index contributed by atoms with van der Waals surface area (Å²) >= 11 is 39.0. The minimum absolute atomic E-state index is 0.437. The molecule has 0 radical (unpaired) electrons. The van der Waals surface area contributed by atoms with E-state index in [1.807, 2.05) is 44.1 Å². The van der Waals surface area contributed by atoms with Crippen molar-refractivity contribution in [2.75, 3.05) is 6.61 Å². The van der Waals surface area contributed by atoms with Crippen LogP contribution in [0.15, 0.2) is 0 Å². The third-order valence-electron chi connectivity index (χ3n) is 4.06. The van der Waals surface area contributed by atoms with Crippen LogP contribution in [0.3, 0.4) is 0 Å². The van der Waals surface area contributed by atoms with Gasteiger partial charge < -0.3 is 4.52 Å². The van der Waals surface area contributed by atoms with Gasteiger partial charge >= 0.3 is 2.65 Å². The van der Waals surface area contributed by atoms with Crippen molar-refractivity contribution >= 4 is 116 Å². The van der Waals surface area contributed by atoms with E-state index in [-0.39, 0.29) is 0 Å². The summed E-state index contributed by atoms with van der Waals surface area (Å²) in [6.45, 7) is 2.89. The first-order chi connectivity index (χ1) is 12.5. The van der Waals surface area contributed by atoms with Crippen molar-refractivity contribution in [1.29, 1.82) is 0 Å². The van der Waals surface area contributed by atoms with Crippen LogP contribution < -0.4 is 0 Å². The lowest BCUT2D eigenvalue weighted by atomic mass is 9.97. The second kappa shape index (κ2) is 16.9. The topological polar surface area (TPSA) is 26.3 Å². The normalized spacial score (nSPS) is 31.3. The van der Waals surface area contributed by atoms with Crippen LogP contribution in [0.25, 0.3) is 0 Å². The third kappa shape index (κ3) is 14.2. The number of unbranched alkanes of at least 4 members (excludes halogenated alkanes) is 7. The van der Waals surface area contributed by atoms with E-state index in [4.69, 9.17) is 74.1 Å². The highest BCUT2D eigenvalue weighted by Gasteiger charge is 2.46. The maximum Gasteiger partial charge on any atom is 0.315 e. The zero-order valence-corrected chi connectivity index (χ0v) is 24.9. The Morgan fingerprint density at radius 2 is 0.963 bits per heavy atom. The predicted molar refractivity (Wildman–Crippen MR) is 142 cm³/mol. The summed E-state index contributed by atoms with van der Waals surface area (Å²) in [5, 5.41) is -2.62. The molecule has 0 aromatic heterocycles. The van der Waals surface area contributed by atoms with Crippen molar-refractivity contribution in [1.82, 2.24) is 0 Å². The Kier molecular flexibility index (Phi) is 19.1. The smallest absolute Gasteiger partial charge is 0.315 e. The van der Waals surface area contributed by atoms with Crippen molar-refractivity contribution in [3.05, 3.63) is 0 Å². The van der Waals surface area contributed by atoms with E-state index in [0.717, 1.165) is 6.42 Å². The fraction of sp³-hybridized carbons (Fsp3) is 1.00. The molecule has 0 unspecified atom stereocenters. The molecule has 1 saturated carbocycles. The van der Waals surface area contributed by atoms with E-state index in [9.17, 15) is 4.57 Å². The van der Waals surface area contributed by atoms with E-state index < -0.39 is 34.9 Å². The number of hydrogen-bond acceptors (Lipinski definition) is 2. The lowest BCUT2D eigenvalue weighted by Crippen LogP contribution is -2.52. The average molecular weight is 749 g/mol. The van der Waals surface area contributed by atoms with E-state index in [1.165, 1.54) is 44.9 Å². The average Bonchev–Trinajstić information content (AvgIpc) is 2.61. The Labute approximate surface area is 220 Å². The molecule has 0 bridgehead atoms. The van der Waals surface area contributed by atoms with Gasteiger partial charge in [-0.3, -0.25) is 4.57 Å². The van der Waals surface area contributed by atoms with Crippen molar-refractivity contribution in [3.8, 4) is 0 Å². The van der Waals surface area contributed by atoms with Crippen molar-refractivity contribution < 1.29 is 9.09 Å². The Morgan fingerprint density at radius 3 is 1.26 bits per heavy atom. The predicted octanol–water partition coefficient (Wildman–Crippen LogP) is 9.77. The maximum absolute atomic E-state index is 11.2. The number of alkyl halides is 6. The van der Waals surface area contributed by atoms with Gasteiger partial charge in [-0.15, -0.1) is 69.6 Å². The van der Waals surface area contributed by atoms with Crippen molar-refractivity contribution in [2.45, 2.75) is 90.6 Å². The molecule has 0 heterocycles. The van der Waals surface area contributed by atoms with E-state index >= 15 is 0 Å². The van der Waals surface area contributed by atoms with E-state index in [1.54, 1.807) is 0 Å². The molecule has 0 amide bonds. The number of halogens is 8. The zero-order chi connectivity index (χ0) is 21.0. The van der Waals surface area contributed by atoms with Crippen LogP contribution in [0.2, 0.25) is 0 Å². The molecule has 0 saturated heterocycles. The van der Waals surface area contributed by atoms with Gasteiger partial charge in [0.2, 0.25) is 0 Å². The lowest BCUT2D eigenvalue weighted by Gasteiger charge is -2.37. The number of rotatable bonds is 10. The van der Waals surface area contributed by atoms with Crippen LogP contribution in [0.5, 0.6) is 0 Å². The molecule has 0 N–H and O–H groups in total. The van der Waals surface area contributed by atoms with Gasteiger partial charge in [-0.05, 0) is 6.42 Å². The van der Waals surface area contributed by atoms with Gasteiger partial charge in [0.25, 0.3) is 0 Å². The van der Waals surface area contributed by atoms with Crippen LogP contribution in [-0.2, 0) is 9.09 Å². The van der Waals surface area contributed by atoms with Crippen LogP contribution in [-0.4, -0.2) is 38.9 Å². The SMILES string of the molecule is CCCCCCCCCCOP(=O)(I)I.Cl[C@H]1[C@H](Cl)[C@@H](Cl)[C@@H](Cl)[C@H](Cl)[C@H]1Cl. The van der Waals surface area contributed by atoms with Gasteiger partial charge in [0.05, 0.1) is 38.9 Å². The first kappa shape index (κ1) is 30.4. The summed E-state index contributed by atoms with van der Waals surface area (Å²) in [4.78, 5) is 0. The van der Waals surface area contributed by atoms with Crippen LogP contribution >= 0.6 is 116 Å². The second-order valence-corrected chi connectivity index (χ2v) is 23.7. The molecule has 0 atom stereocenters. The molecular formula is C16H27Cl6I2O2P. The zero-order valence-electron chi connectivity index (χ0n) is 15.1. The highest BCUT2D eigenvalue weighted by Crippen LogP contribution is 2.63. The monoisotopic (exact) mass is 746 g/mol. The molecule has 0 aromatic carbocycles. The first-order valence-electron chi connectivity index (χ1n) is 9.01. The van der Waals surface area contributed by atoms with Gasteiger partial charge in [0.1, 0.15) is 0 Å². The molecule has 1 rings (SSSR count). The van der Waals surface area contributed by atoms with Crippen molar-refractivity contribution in [2.24, 2.45) is 0 Å². The van der Waals surface area contributed by atoms with Crippen molar-refractivity contribution in [3.63, 3.8) is 0 Å². The molecule has 11 heteroatoms. The van der Waals surface area contributed by atoms with E-state index in [0.29, 0.717) is 6.61 Å². The molecular weight excluding hydrogens is 722 g/mol. The van der Waals surface area contributed by atoms with Gasteiger partial charge in [0, 0.05) is 44.1 Å². The van der Waals surface area contributed by atoms with Gasteiger partial charge in [-0.1, -0.05) is 51.9 Å². The summed E-state index contributed by atoms with van der Waals surface area (Å²) in [6.07, 6.45) is 10.3. The molecule has 0 spiro atoms. The summed E-state index contributed by atoms with van der Waals surface area (Å²) in [6, 6.07) is 0. The molecule has 1 aliphatic rings. The largest absolute Gasteiger partial charge is 0.315 e. The van der Waals surface area contributed by atoms with Gasteiger partial charge in [-0.2, -0.15) is 0 Å². The Morgan fingerprint density at radius 1 is 0.667 bits per heavy atom. The highest BCUT2D eigenvalue weighted by molar-refractivity contribution is 14.3. The maximum atomic E-state index is 11.2. The molecule has 1 aliphatic carbocycles. The fourth-order valence-electron chi connectivity index (χ4n) is 2.46. The molecule has 164 valence electrons. The minimum atomic E-state index is -2.30. The van der Waals surface area contributed by atoms with Crippen LogP contribution in [0.4, 0.5) is 0 Å². The summed E-state index contributed by atoms with van der Waals surface area (Å²) in [5.41, 5.74) is 0. The fourth-order valence-corrected chi connectivity index (χ4v) is 6.31. The molecule has 1 fully saturated rings. The van der Waals surface area contributed by atoms with Gasteiger partial charge in [0.15, 0.2) is 0 Å². The van der Waals surface area contributed by atoms with Crippen LogP contribution in [0, 0.1) is 0 Å². The standard InChI is InChI=1S/C10H21I2O2P.C6H6Cl6/c1-2-3-4-5-6-7-8-9-10-14-15(11,12)13;7-1-2(8)4(10)6(12)5(11)3(1)9/h2-10H2,1H3;1-6H/t;1-,2-,3-,4+,5+,6+. The van der Waals surface area contributed by atoms with E-state index in [2.05, 4.69) is 6.92 Å². The first-order valence-corrected chi connectivity index (χ1v) is 18.8. The summed E-state index contributed by atoms with van der Waals surface area (Å²) in [7, 11) is 0. The molecule has 2 nitrogen and oxygen atoms in total. The molecule has 27 heavy (non-hydrogen) atoms. The summed E-state index contributed by atoms with van der Waals surface area (Å²) in [5.74, 6) is 0. The van der Waals surface area contributed by atoms with Gasteiger partial charge in [-0.25, -0.2) is 0 Å². The van der Waals surface area contributed by atoms with Crippen LogP contribution in [0.1, 0.15) is 58.3 Å². The summed E-state index contributed by atoms with van der Waals surface area (Å²) < 4.78 is 14.1. The Bertz CT molecular complexity index is 373. The Hall–Kier alpha value is 3.39. The molecule has 0 aromatic rings. The molecule has 0 aliphatic heterocycles. The quantitative estimate of drug-likeness (QED) is 0.0963. The number of hydrogen-bond donors (Lipinski definition) is 0. The lowest BCUT2D eigenvalue weighted by molar-refractivity contribution is 0.325. The second-order valence-electron chi connectivity index (χ2n) is 6.39. The highest BCUT2D eigenvalue weighted by atomic mass is 127. The Balaban J connectivity index is 0.000000511. The third-order valence-corrected chi connectivity index (χ3v) is 10.3. The minimum Gasteiger partial charge on any atom is -0.315 e.